The highest BCUT2D eigenvalue weighted by molar-refractivity contribution is 6.32. The highest BCUT2D eigenvalue weighted by Gasteiger charge is 2.16. The SMILES string of the molecule is O=C(Nc1ccc(OC(F)F)c(Cl)c1)c1ccc(OCC2CCCO2)cc1. The number of carbonyl (C=O) groups is 1. The largest absolute Gasteiger partial charge is 0.491 e. The third kappa shape index (κ3) is 5.55. The molecule has 5 nitrogen and oxygen atoms in total. The Kier molecular flexibility index (Phi) is 6.47. The highest BCUT2D eigenvalue weighted by atomic mass is 35.5. The van der Waals surface area contributed by atoms with E-state index in [2.05, 4.69) is 10.1 Å². The molecule has 0 spiro atoms. The van der Waals surface area contributed by atoms with E-state index in [4.69, 9.17) is 21.1 Å². The molecule has 1 saturated heterocycles. The van der Waals surface area contributed by atoms with E-state index in [9.17, 15) is 13.6 Å². The zero-order valence-electron chi connectivity index (χ0n) is 14.3. The number of hydrogen-bond acceptors (Lipinski definition) is 4. The van der Waals surface area contributed by atoms with Crippen molar-refractivity contribution in [1.82, 2.24) is 0 Å². The van der Waals surface area contributed by atoms with E-state index in [1.54, 1.807) is 24.3 Å². The van der Waals surface area contributed by atoms with Crippen molar-refractivity contribution in [2.24, 2.45) is 0 Å². The van der Waals surface area contributed by atoms with E-state index in [0.29, 0.717) is 23.6 Å². The molecule has 1 atom stereocenters. The number of anilines is 1. The summed E-state index contributed by atoms with van der Waals surface area (Å²) in [7, 11) is 0. The molecule has 1 heterocycles. The Balaban J connectivity index is 1.56. The van der Waals surface area contributed by atoms with Gasteiger partial charge in [0.2, 0.25) is 0 Å². The van der Waals surface area contributed by atoms with Crippen molar-refractivity contribution in [3.63, 3.8) is 0 Å². The molecular formula is C19H18ClF2NO4. The molecule has 0 radical (unpaired) electrons. The molecule has 0 aliphatic carbocycles. The average molecular weight is 398 g/mol. The average Bonchev–Trinajstić information content (AvgIpc) is 3.16. The number of amides is 1. The maximum atomic E-state index is 12.3. The zero-order chi connectivity index (χ0) is 19.2. The number of carbonyl (C=O) groups excluding carboxylic acids is 1. The molecule has 144 valence electrons. The summed E-state index contributed by atoms with van der Waals surface area (Å²) in [6.45, 7) is -1.72. The molecule has 3 rings (SSSR count). The summed E-state index contributed by atoms with van der Waals surface area (Å²) in [4.78, 5) is 12.3. The molecule has 0 bridgehead atoms. The van der Waals surface area contributed by atoms with Crippen LogP contribution in [0.1, 0.15) is 23.2 Å². The van der Waals surface area contributed by atoms with Crippen LogP contribution in [0, 0.1) is 0 Å². The van der Waals surface area contributed by atoms with Gasteiger partial charge in [0.25, 0.3) is 5.91 Å². The van der Waals surface area contributed by atoms with Crippen LogP contribution in [0.2, 0.25) is 5.02 Å². The molecule has 0 aromatic heterocycles. The van der Waals surface area contributed by atoms with Gasteiger partial charge in [-0.3, -0.25) is 4.79 Å². The summed E-state index contributed by atoms with van der Waals surface area (Å²) in [5.41, 5.74) is 0.786. The second-order valence-electron chi connectivity index (χ2n) is 5.95. The van der Waals surface area contributed by atoms with Gasteiger partial charge in [-0.15, -0.1) is 0 Å². The number of halogens is 3. The van der Waals surface area contributed by atoms with Crippen molar-refractivity contribution in [2.75, 3.05) is 18.5 Å². The van der Waals surface area contributed by atoms with Crippen molar-refractivity contribution in [3.8, 4) is 11.5 Å². The molecule has 0 saturated carbocycles. The summed E-state index contributed by atoms with van der Waals surface area (Å²) in [5, 5.41) is 2.63. The second-order valence-corrected chi connectivity index (χ2v) is 6.36. The van der Waals surface area contributed by atoms with E-state index in [1.165, 1.54) is 18.2 Å². The summed E-state index contributed by atoms with van der Waals surface area (Å²) in [6, 6.07) is 10.7. The number of nitrogens with one attached hydrogen (secondary N) is 1. The normalized spacial score (nSPS) is 16.4. The number of hydrogen-bond donors (Lipinski definition) is 1. The summed E-state index contributed by atoms with van der Waals surface area (Å²) in [5.74, 6) is 0.135. The van der Waals surface area contributed by atoms with E-state index in [1.807, 2.05) is 0 Å². The van der Waals surface area contributed by atoms with Crippen LogP contribution in [-0.4, -0.2) is 31.8 Å². The Labute approximate surface area is 160 Å². The standard InChI is InChI=1S/C19H18ClF2NO4/c20-16-10-13(5-8-17(16)27-19(21)22)23-18(24)12-3-6-14(7-4-12)26-11-15-2-1-9-25-15/h3-8,10,15,19H,1-2,9,11H2,(H,23,24). The van der Waals surface area contributed by atoms with Gasteiger partial charge in [0, 0.05) is 17.9 Å². The van der Waals surface area contributed by atoms with Gasteiger partial charge in [-0.05, 0) is 55.3 Å². The van der Waals surface area contributed by atoms with Crippen LogP contribution in [0.25, 0.3) is 0 Å². The summed E-state index contributed by atoms with van der Waals surface area (Å²) < 4.78 is 39.9. The number of ether oxygens (including phenoxy) is 3. The van der Waals surface area contributed by atoms with Crippen molar-refractivity contribution in [2.45, 2.75) is 25.6 Å². The highest BCUT2D eigenvalue weighted by Crippen LogP contribution is 2.29. The first-order chi connectivity index (χ1) is 13.0. The molecular weight excluding hydrogens is 380 g/mol. The van der Waals surface area contributed by atoms with E-state index in [-0.39, 0.29) is 22.8 Å². The first kappa shape index (κ1) is 19.4. The molecule has 2 aromatic rings. The van der Waals surface area contributed by atoms with Crippen LogP contribution in [0.5, 0.6) is 11.5 Å². The molecule has 2 aromatic carbocycles. The van der Waals surface area contributed by atoms with Gasteiger partial charge in [-0.25, -0.2) is 0 Å². The topological polar surface area (TPSA) is 56.8 Å². The van der Waals surface area contributed by atoms with Gasteiger partial charge in [-0.1, -0.05) is 11.6 Å². The summed E-state index contributed by atoms with van der Waals surface area (Å²) >= 11 is 5.88. The number of rotatable bonds is 7. The molecule has 1 N–H and O–H groups in total. The third-order valence-corrected chi connectivity index (χ3v) is 4.28. The molecule has 1 amide bonds. The minimum atomic E-state index is -2.97. The maximum absolute atomic E-state index is 12.3. The molecule has 27 heavy (non-hydrogen) atoms. The molecule has 8 heteroatoms. The van der Waals surface area contributed by atoms with Crippen LogP contribution < -0.4 is 14.8 Å². The minimum Gasteiger partial charge on any atom is -0.491 e. The van der Waals surface area contributed by atoms with Crippen molar-refractivity contribution < 1.29 is 27.8 Å². The molecule has 1 aliphatic heterocycles. The molecule has 1 fully saturated rings. The Morgan fingerprint density at radius 2 is 2.04 bits per heavy atom. The fourth-order valence-electron chi connectivity index (χ4n) is 2.64. The Hall–Kier alpha value is -2.38. The van der Waals surface area contributed by atoms with Crippen LogP contribution in [-0.2, 0) is 4.74 Å². The van der Waals surface area contributed by atoms with Gasteiger partial charge in [0.05, 0.1) is 11.1 Å². The van der Waals surface area contributed by atoms with Gasteiger partial charge in [0.15, 0.2) is 0 Å². The van der Waals surface area contributed by atoms with Crippen molar-refractivity contribution in [1.29, 1.82) is 0 Å². The fraction of sp³-hybridized carbons (Fsp3) is 0.316. The predicted octanol–water partition coefficient (Wildman–Crippen LogP) is 4.75. The lowest BCUT2D eigenvalue weighted by atomic mass is 10.2. The van der Waals surface area contributed by atoms with Crippen molar-refractivity contribution in [3.05, 3.63) is 53.1 Å². The lowest BCUT2D eigenvalue weighted by Crippen LogP contribution is -2.16. The van der Waals surface area contributed by atoms with E-state index >= 15 is 0 Å². The van der Waals surface area contributed by atoms with Crippen molar-refractivity contribution >= 4 is 23.2 Å². The lowest BCUT2D eigenvalue weighted by Gasteiger charge is -2.12. The van der Waals surface area contributed by atoms with E-state index < -0.39 is 6.61 Å². The van der Waals surface area contributed by atoms with Crippen LogP contribution in [0.3, 0.4) is 0 Å². The first-order valence-electron chi connectivity index (χ1n) is 8.41. The second kappa shape index (κ2) is 9.01. The quantitative estimate of drug-likeness (QED) is 0.732. The van der Waals surface area contributed by atoms with Crippen LogP contribution in [0.4, 0.5) is 14.5 Å². The number of alkyl halides is 2. The van der Waals surface area contributed by atoms with Gasteiger partial charge in [-0.2, -0.15) is 8.78 Å². The van der Waals surface area contributed by atoms with E-state index in [0.717, 1.165) is 19.4 Å². The third-order valence-electron chi connectivity index (χ3n) is 3.98. The van der Waals surface area contributed by atoms with Crippen LogP contribution in [0.15, 0.2) is 42.5 Å². The molecule has 1 aliphatic rings. The lowest BCUT2D eigenvalue weighted by molar-refractivity contribution is -0.0497. The van der Waals surface area contributed by atoms with Gasteiger partial charge < -0.3 is 19.5 Å². The van der Waals surface area contributed by atoms with Crippen LogP contribution >= 0.6 is 11.6 Å². The first-order valence-corrected chi connectivity index (χ1v) is 8.79. The monoisotopic (exact) mass is 397 g/mol. The Bertz CT molecular complexity index is 780. The summed E-state index contributed by atoms with van der Waals surface area (Å²) in [6.07, 6.45) is 2.16. The zero-order valence-corrected chi connectivity index (χ0v) is 15.0. The fourth-order valence-corrected chi connectivity index (χ4v) is 2.87. The molecule has 1 unspecified atom stereocenters. The predicted molar refractivity (Wildman–Crippen MR) is 96.9 cm³/mol. The number of benzene rings is 2. The minimum absolute atomic E-state index is 0.0222. The van der Waals surface area contributed by atoms with Gasteiger partial charge in [0.1, 0.15) is 18.1 Å². The Morgan fingerprint density at radius 1 is 1.26 bits per heavy atom. The smallest absolute Gasteiger partial charge is 0.387 e. The van der Waals surface area contributed by atoms with Gasteiger partial charge >= 0.3 is 6.61 Å². The Morgan fingerprint density at radius 3 is 2.67 bits per heavy atom. The maximum Gasteiger partial charge on any atom is 0.387 e.